The fraction of sp³-hybridized carbons (Fsp3) is 0.364. The van der Waals surface area contributed by atoms with Crippen molar-refractivity contribution in [1.29, 1.82) is 0 Å². The van der Waals surface area contributed by atoms with Gasteiger partial charge in [0.15, 0.2) is 11.8 Å². The number of aromatic nitrogens is 4. The lowest BCUT2D eigenvalue weighted by Gasteiger charge is -2.15. The van der Waals surface area contributed by atoms with Gasteiger partial charge >= 0.3 is 5.97 Å². The Morgan fingerprint density at radius 3 is 2.60 bits per heavy atom. The molecule has 2 aromatic heterocycles. The van der Waals surface area contributed by atoms with Crippen molar-refractivity contribution in [1.82, 2.24) is 19.6 Å². The summed E-state index contributed by atoms with van der Waals surface area (Å²) in [6.07, 6.45) is 3.26. The number of nitrogens with zero attached hydrogens (tertiary/aromatic N) is 4. The number of amides is 1. The van der Waals surface area contributed by atoms with Crippen molar-refractivity contribution in [2.75, 3.05) is 5.32 Å². The number of esters is 1. The van der Waals surface area contributed by atoms with Gasteiger partial charge in [-0.2, -0.15) is 10.2 Å². The molecular weight excluding hydrogens is 382 g/mol. The van der Waals surface area contributed by atoms with E-state index in [2.05, 4.69) is 15.5 Å². The Labute approximate surface area is 174 Å². The summed E-state index contributed by atoms with van der Waals surface area (Å²) in [5.74, 6) is -0.431. The highest BCUT2D eigenvalue weighted by molar-refractivity contribution is 5.97. The van der Waals surface area contributed by atoms with Crippen LogP contribution >= 0.6 is 0 Å². The van der Waals surface area contributed by atoms with Gasteiger partial charge in [-0.25, -0.2) is 14.2 Å². The smallest absolute Gasteiger partial charge is 0.359 e. The van der Waals surface area contributed by atoms with E-state index >= 15 is 0 Å². The van der Waals surface area contributed by atoms with Crippen LogP contribution in [0.2, 0.25) is 0 Å². The second-order valence-electron chi connectivity index (χ2n) is 7.67. The Hall–Kier alpha value is -3.42. The van der Waals surface area contributed by atoms with Crippen molar-refractivity contribution < 1.29 is 14.3 Å². The summed E-state index contributed by atoms with van der Waals surface area (Å²) in [4.78, 5) is 25.4. The summed E-state index contributed by atoms with van der Waals surface area (Å²) in [7, 11) is 0. The standard InChI is InChI=1S/C22H25N5O3/c1-14(2)26-19(12-13-23-26)24-21(28)15(3)30-22(29)20-17-10-7-11-18(17)27(25-20)16-8-5-4-6-9-16/h4-6,8-9,12-15H,7,10-11H2,1-3H3,(H,24,28)/t15-/m0/s1. The maximum absolute atomic E-state index is 12.8. The van der Waals surface area contributed by atoms with Crippen LogP contribution in [-0.2, 0) is 22.4 Å². The molecule has 30 heavy (non-hydrogen) atoms. The molecule has 8 nitrogen and oxygen atoms in total. The third-order valence-corrected chi connectivity index (χ3v) is 5.19. The van der Waals surface area contributed by atoms with Gasteiger partial charge in [0.1, 0.15) is 5.82 Å². The Balaban J connectivity index is 1.50. The Kier molecular flexibility index (Phi) is 5.39. The molecule has 8 heteroatoms. The summed E-state index contributed by atoms with van der Waals surface area (Å²) in [5, 5.41) is 11.5. The van der Waals surface area contributed by atoms with Crippen LogP contribution in [0.3, 0.4) is 0 Å². The van der Waals surface area contributed by atoms with E-state index < -0.39 is 18.0 Å². The quantitative estimate of drug-likeness (QED) is 0.633. The highest BCUT2D eigenvalue weighted by Gasteiger charge is 2.30. The van der Waals surface area contributed by atoms with E-state index in [-0.39, 0.29) is 6.04 Å². The van der Waals surface area contributed by atoms with Gasteiger partial charge in [-0.1, -0.05) is 18.2 Å². The molecule has 0 saturated carbocycles. The Morgan fingerprint density at radius 1 is 1.10 bits per heavy atom. The fourth-order valence-electron chi connectivity index (χ4n) is 3.71. The van der Waals surface area contributed by atoms with Crippen LogP contribution in [0.4, 0.5) is 5.82 Å². The van der Waals surface area contributed by atoms with Crippen molar-refractivity contribution >= 4 is 17.7 Å². The summed E-state index contributed by atoms with van der Waals surface area (Å²) in [6.45, 7) is 5.49. The summed E-state index contributed by atoms with van der Waals surface area (Å²) in [6, 6.07) is 11.5. The molecule has 3 aromatic rings. The minimum atomic E-state index is -0.966. The van der Waals surface area contributed by atoms with Crippen LogP contribution in [0.5, 0.6) is 0 Å². The highest BCUT2D eigenvalue weighted by atomic mass is 16.5. The lowest BCUT2D eigenvalue weighted by atomic mass is 10.2. The molecule has 1 aliphatic rings. The number of hydrogen-bond acceptors (Lipinski definition) is 5. The average Bonchev–Trinajstić information content (AvgIpc) is 3.44. The summed E-state index contributed by atoms with van der Waals surface area (Å²) < 4.78 is 8.97. The molecule has 2 heterocycles. The first-order valence-electron chi connectivity index (χ1n) is 10.2. The monoisotopic (exact) mass is 407 g/mol. The third kappa shape index (κ3) is 3.72. The van der Waals surface area contributed by atoms with Crippen molar-refractivity contribution in [3.63, 3.8) is 0 Å². The lowest BCUT2D eigenvalue weighted by Crippen LogP contribution is -2.31. The number of nitrogens with one attached hydrogen (secondary N) is 1. The SMILES string of the molecule is CC(C)n1nccc1NC(=O)[C@H](C)OC(=O)c1nn(-c2ccccc2)c2c1CCC2. The summed E-state index contributed by atoms with van der Waals surface area (Å²) >= 11 is 0. The molecule has 156 valence electrons. The third-order valence-electron chi connectivity index (χ3n) is 5.19. The number of ether oxygens (including phenoxy) is 1. The van der Waals surface area contributed by atoms with E-state index in [0.717, 1.165) is 36.2 Å². The van der Waals surface area contributed by atoms with E-state index in [1.807, 2.05) is 48.9 Å². The fourth-order valence-corrected chi connectivity index (χ4v) is 3.71. The number of fused-ring (bicyclic) bond motifs is 1. The van der Waals surface area contributed by atoms with Crippen LogP contribution in [0.1, 0.15) is 55.0 Å². The molecule has 0 aliphatic heterocycles. The minimum absolute atomic E-state index is 0.0951. The van der Waals surface area contributed by atoms with Gasteiger partial charge in [0.2, 0.25) is 0 Å². The molecule has 0 bridgehead atoms. The molecule has 0 unspecified atom stereocenters. The molecule has 1 atom stereocenters. The van der Waals surface area contributed by atoms with Crippen LogP contribution in [-0.4, -0.2) is 37.5 Å². The predicted molar refractivity (Wildman–Crippen MR) is 112 cm³/mol. The first kappa shape index (κ1) is 19.9. The van der Waals surface area contributed by atoms with Gasteiger partial charge in [-0.15, -0.1) is 0 Å². The molecule has 1 aromatic carbocycles. The molecule has 4 rings (SSSR count). The maximum atomic E-state index is 12.8. The Morgan fingerprint density at radius 2 is 1.87 bits per heavy atom. The first-order valence-corrected chi connectivity index (χ1v) is 10.2. The average molecular weight is 407 g/mol. The lowest BCUT2D eigenvalue weighted by molar-refractivity contribution is -0.123. The van der Waals surface area contributed by atoms with Crippen molar-refractivity contribution in [2.45, 2.75) is 52.2 Å². The van der Waals surface area contributed by atoms with Gasteiger partial charge in [0, 0.05) is 23.4 Å². The number of benzene rings is 1. The van der Waals surface area contributed by atoms with Crippen molar-refractivity contribution in [3.8, 4) is 5.69 Å². The maximum Gasteiger partial charge on any atom is 0.359 e. The van der Waals surface area contributed by atoms with E-state index in [0.29, 0.717) is 11.5 Å². The second kappa shape index (κ2) is 8.14. The van der Waals surface area contributed by atoms with Gasteiger partial charge < -0.3 is 10.1 Å². The topological polar surface area (TPSA) is 91.0 Å². The van der Waals surface area contributed by atoms with Gasteiger partial charge in [-0.05, 0) is 52.2 Å². The number of anilines is 1. The zero-order chi connectivity index (χ0) is 21.3. The van der Waals surface area contributed by atoms with Crippen molar-refractivity contribution in [2.24, 2.45) is 0 Å². The number of carbonyl (C=O) groups is 2. The summed E-state index contributed by atoms with van der Waals surface area (Å²) in [5.41, 5.74) is 3.14. The molecule has 1 amide bonds. The number of hydrogen-bond donors (Lipinski definition) is 1. The van der Waals surface area contributed by atoms with E-state index in [4.69, 9.17) is 4.74 Å². The molecule has 0 saturated heterocycles. The van der Waals surface area contributed by atoms with Crippen LogP contribution in [0, 0.1) is 0 Å². The second-order valence-corrected chi connectivity index (χ2v) is 7.67. The minimum Gasteiger partial charge on any atom is -0.448 e. The zero-order valence-corrected chi connectivity index (χ0v) is 17.3. The van der Waals surface area contributed by atoms with Gasteiger partial charge in [-0.3, -0.25) is 4.79 Å². The van der Waals surface area contributed by atoms with Crippen LogP contribution in [0.15, 0.2) is 42.6 Å². The van der Waals surface area contributed by atoms with E-state index in [1.165, 1.54) is 0 Å². The molecule has 1 aliphatic carbocycles. The number of para-hydroxylation sites is 1. The molecule has 1 N–H and O–H groups in total. The normalized spacial score (nSPS) is 13.9. The van der Waals surface area contributed by atoms with E-state index in [1.54, 1.807) is 23.9 Å². The van der Waals surface area contributed by atoms with E-state index in [9.17, 15) is 9.59 Å². The predicted octanol–water partition coefficient (Wildman–Crippen LogP) is 3.32. The zero-order valence-electron chi connectivity index (χ0n) is 17.3. The molecule has 0 radical (unpaired) electrons. The molecular formula is C22H25N5O3. The van der Waals surface area contributed by atoms with Crippen molar-refractivity contribution in [3.05, 3.63) is 59.5 Å². The highest BCUT2D eigenvalue weighted by Crippen LogP contribution is 2.28. The van der Waals surface area contributed by atoms with Gasteiger partial charge in [0.25, 0.3) is 5.91 Å². The first-order chi connectivity index (χ1) is 14.5. The van der Waals surface area contributed by atoms with Crippen LogP contribution < -0.4 is 5.32 Å². The number of rotatable bonds is 6. The molecule has 0 spiro atoms. The van der Waals surface area contributed by atoms with Gasteiger partial charge in [0.05, 0.1) is 11.9 Å². The number of carbonyl (C=O) groups excluding carboxylic acids is 2. The molecule has 0 fully saturated rings. The van der Waals surface area contributed by atoms with Crippen LogP contribution in [0.25, 0.3) is 5.69 Å². The largest absolute Gasteiger partial charge is 0.448 e. The Bertz CT molecular complexity index is 1070.